The van der Waals surface area contributed by atoms with E-state index >= 15 is 0 Å². The third kappa shape index (κ3) is 4.22. The molecule has 1 atom stereocenters. The van der Waals surface area contributed by atoms with Gasteiger partial charge in [-0.25, -0.2) is 0 Å². The molecule has 0 spiro atoms. The van der Waals surface area contributed by atoms with Crippen LogP contribution in [0, 0.1) is 0 Å². The number of carbonyl (C=O) groups is 1. The molecule has 0 radical (unpaired) electrons. The fraction of sp³-hybridized carbons (Fsp3) is 0.409. The molecular formula is C22H27NO2. The highest BCUT2D eigenvalue weighted by molar-refractivity contribution is 5.78. The van der Waals surface area contributed by atoms with Crippen LogP contribution in [-0.4, -0.2) is 12.5 Å². The van der Waals surface area contributed by atoms with Gasteiger partial charge in [0.15, 0.2) is 6.61 Å². The quantitative estimate of drug-likeness (QED) is 0.888. The van der Waals surface area contributed by atoms with Gasteiger partial charge in [0.25, 0.3) is 5.91 Å². The highest BCUT2D eigenvalue weighted by atomic mass is 16.5. The molecule has 1 N–H and O–H groups in total. The lowest BCUT2D eigenvalue weighted by Crippen LogP contribution is -2.34. The Bertz CT molecular complexity index is 746. The van der Waals surface area contributed by atoms with Crippen LogP contribution in [0.2, 0.25) is 0 Å². The molecule has 0 fully saturated rings. The summed E-state index contributed by atoms with van der Waals surface area (Å²) >= 11 is 0. The topological polar surface area (TPSA) is 38.3 Å². The molecule has 1 aliphatic rings. The maximum absolute atomic E-state index is 12.4. The first-order valence-corrected chi connectivity index (χ1v) is 9.04. The van der Waals surface area contributed by atoms with Gasteiger partial charge >= 0.3 is 0 Å². The average molecular weight is 337 g/mol. The Kier molecular flexibility index (Phi) is 5.12. The molecule has 0 heterocycles. The van der Waals surface area contributed by atoms with Gasteiger partial charge < -0.3 is 10.1 Å². The van der Waals surface area contributed by atoms with Crippen LogP contribution in [0.3, 0.4) is 0 Å². The highest BCUT2D eigenvalue weighted by Gasteiger charge is 2.22. The first-order chi connectivity index (χ1) is 11.9. The molecule has 2 aromatic carbocycles. The van der Waals surface area contributed by atoms with E-state index in [1.54, 1.807) is 0 Å². The Labute approximate surface area is 150 Å². The maximum Gasteiger partial charge on any atom is 0.258 e. The second-order valence-electron chi connectivity index (χ2n) is 7.75. The minimum Gasteiger partial charge on any atom is -0.483 e. The van der Waals surface area contributed by atoms with Gasteiger partial charge in [0.05, 0.1) is 6.04 Å². The summed E-state index contributed by atoms with van der Waals surface area (Å²) in [5, 5.41) is 3.14. The van der Waals surface area contributed by atoms with Crippen LogP contribution in [0.25, 0.3) is 0 Å². The molecule has 0 aliphatic heterocycles. The molecule has 3 rings (SSSR count). The van der Waals surface area contributed by atoms with E-state index in [4.69, 9.17) is 4.74 Å². The molecule has 25 heavy (non-hydrogen) atoms. The van der Waals surface area contributed by atoms with Gasteiger partial charge in [0.1, 0.15) is 5.75 Å². The summed E-state index contributed by atoms with van der Waals surface area (Å²) in [7, 11) is 0. The van der Waals surface area contributed by atoms with Gasteiger partial charge in [-0.05, 0) is 47.4 Å². The van der Waals surface area contributed by atoms with Crippen molar-refractivity contribution >= 4 is 5.91 Å². The largest absolute Gasteiger partial charge is 0.483 e. The van der Waals surface area contributed by atoms with Crippen LogP contribution in [0.15, 0.2) is 48.5 Å². The van der Waals surface area contributed by atoms with Crippen molar-refractivity contribution in [2.24, 2.45) is 0 Å². The van der Waals surface area contributed by atoms with E-state index < -0.39 is 0 Å². The highest BCUT2D eigenvalue weighted by Crippen LogP contribution is 2.31. The Morgan fingerprint density at radius 1 is 1.12 bits per heavy atom. The van der Waals surface area contributed by atoms with Gasteiger partial charge in [0.2, 0.25) is 0 Å². The lowest BCUT2D eigenvalue weighted by molar-refractivity contribution is -0.124. The summed E-state index contributed by atoms with van der Waals surface area (Å²) in [5.41, 5.74) is 3.69. The molecule has 1 aliphatic carbocycles. The number of aryl methyl sites for hydroxylation is 1. The van der Waals surface area contributed by atoms with E-state index in [0.717, 1.165) is 30.6 Å². The molecule has 0 saturated carbocycles. The van der Waals surface area contributed by atoms with Crippen LogP contribution in [-0.2, 0) is 16.6 Å². The summed E-state index contributed by atoms with van der Waals surface area (Å²) in [4.78, 5) is 12.4. The Morgan fingerprint density at radius 3 is 2.64 bits per heavy atom. The Morgan fingerprint density at radius 2 is 1.84 bits per heavy atom. The second kappa shape index (κ2) is 7.30. The SMILES string of the molecule is CC(C)(C)c1ccccc1OCC(=O)NC1CCCc2ccccc21. The van der Waals surface area contributed by atoms with Crippen molar-refractivity contribution in [2.45, 2.75) is 51.5 Å². The van der Waals surface area contributed by atoms with Crippen molar-refractivity contribution in [3.05, 3.63) is 65.2 Å². The number of hydrogen-bond donors (Lipinski definition) is 1. The summed E-state index contributed by atoms with van der Waals surface area (Å²) in [6, 6.07) is 16.4. The average Bonchev–Trinajstić information content (AvgIpc) is 2.60. The predicted molar refractivity (Wildman–Crippen MR) is 101 cm³/mol. The number of carbonyl (C=O) groups excluding carboxylic acids is 1. The lowest BCUT2D eigenvalue weighted by atomic mass is 9.86. The Balaban J connectivity index is 1.64. The van der Waals surface area contributed by atoms with E-state index in [1.165, 1.54) is 11.1 Å². The van der Waals surface area contributed by atoms with Crippen LogP contribution in [0.4, 0.5) is 0 Å². The third-order valence-electron chi connectivity index (χ3n) is 4.76. The standard InChI is InChI=1S/C22H27NO2/c1-22(2,3)18-12-6-7-14-20(18)25-15-21(24)23-19-13-8-10-16-9-4-5-11-17(16)19/h4-7,9,11-12,14,19H,8,10,13,15H2,1-3H3,(H,23,24). The number of fused-ring (bicyclic) bond motifs is 1. The van der Waals surface area contributed by atoms with E-state index in [9.17, 15) is 4.79 Å². The van der Waals surface area contributed by atoms with Crippen molar-refractivity contribution in [3.8, 4) is 5.75 Å². The van der Waals surface area contributed by atoms with Gasteiger partial charge in [-0.15, -0.1) is 0 Å². The molecule has 0 saturated heterocycles. The molecule has 1 unspecified atom stereocenters. The summed E-state index contributed by atoms with van der Waals surface area (Å²) in [5.74, 6) is 0.722. The zero-order chi connectivity index (χ0) is 17.9. The minimum absolute atomic E-state index is 0.0185. The monoisotopic (exact) mass is 337 g/mol. The van der Waals surface area contributed by atoms with Crippen molar-refractivity contribution in [1.29, 1.82) is 0 Å². The normalized spacial score (nSPS) is 16.8. The zero-order valence-electron chi connectivity index (χ0n) is 15.3. The van der Waals surface area contributed by atoms with E-state index in [-0.39, 0.29) is 24.0 Å². The van der Waals surface area contributed by atoms with Gasteiger partial charge in [-0.3, -0.25) is 4.79 Å². The van der Waals surface area contributed by atoms with Crippen LogP contribution in [0.1, 0.15) is 56.3 Å². The minimum atomic E-state index is -0.0644. The van der Waals surface area contributed by atoms with E-state index in [2.05, 4.69) is 50.4 Å². The number of amides is 1. The third-order valence-corrected chi connectivity index (χ3v) is 4.76. The van der Waals surface area contributed by atoms with Crippen LogP contribution >= 0.6 is 0 Å². The molecule has 132 valence electrons. The number of rotatable bonds is 4. The number of hydrogen-bond acceptors (Lipinski definition) is 2. The number of para-hydroxylation sites is 1. The van der Waals surface area contributed by atoms with Crippen molar-refractivity contribution < 1.29 is 9.53 Å². The predicted octanol–water partition coefficient (Wildman–Crippen LogP) is 4.56. The van der Waals surface area contributed by atoms with Crippen LogP contribution in [0.5, 0.6) is 5.75 Å². The van der Waals surface area contributed by atoms with Gasteiger partial charge in [-0.1, -0.05) is 63.2 Å². The molecule has 0 bridgehead atoms. The fourth-order valence-electron chi connectivity index (χ4n) is 3.50. The molecule has 3 nitrogen and oxygen atoms in total. The molecule has 3 heteroatoms. The van der Waals surface area contributed by atoms with E-state index in [0.29, 0.717) is 0 Å². The molecule has 1 amide bonds. The first kappa shape index (κ1) is 17.5. The molecule has 2 aromatic rings. The number of ether oxygens (including phenoxy) is 1. The van der Waals surface area contributed by atoms with Crippen LogP contribution < -0.4 is 10.1 Å². The Hall–Kier alpha value is -2.29. The van der Waals surface area contributed by atoms with Crippen molar-refractivity contribution in [1.82, 2.24) is 5.32 Å². The van der Waals surface area contributed by atoms with Gasteiger partial charge in [-0.2, -0.15) is 0 Å². The molecular weight excluding hydrogens is 310 g/mol. The van der Waals surface area contributed by atoms with Crippen molar-refractivity contribution in [3.63, 3.8) is 0 Å². The summed E-state index contributed by atoms with van der Waals surface area (Å²) in [6.45, 7) is 6.49. The van der Waals surface area contributed by atoms with E-state index in [1.807, 2.05) is 24.3 Å². The number of nitrogens with one attached hydrogen (secondary N) is 1. The molecule has 0 aromatic heterocycles. The fourth-order valence-corrected chi connectivity index (χ4v) is 3.50. The maximum atomic E-state index is 12.4. The smallest absolute Gasteiger partial charge is 0.258 e. The number of benzene rings is 2. The first-order valence-electron chi connectivity index (χ1n) is 9.04. The van der Waals surface area contributed by atoms with Crippen molar-refractivity contribution in [2.75, 3.05) is 6.61 Å². The second-order valence-corrected chi connectivity index (χ2v) is 7.75. The summed E-state index contributed by atoms with van der Waals surface area (Å²) < 4.78 is 5.84. The van der Waals surface area contributed by atoms with Gasteiger partial charge in [0, 0.05) is 0 Å². The zero-order valence-corrected chi connectivity index (χ0v) is 15.3. The lowest BCUT2D eigenvalue weighted by Gasteiger charge is -2.26. The summed E-state index contributed by atoms with van der Waals surface area (Å²) in [6.07, 6.45) is 3.19.